The predicted molar refractivity (Wildman–Crippen MR) is 88.1 cm³/mol. The van der Waals surface area contributed by atoms with Gasteiger partial charge in [0.15, 0.2) is 23.3 Å². The molecule has 0 saturated carbocycles. The average Bonchev–Trinajstić information content (AvgIpc) is 2.62. The highest BCUT2D eigenvalue weighted by atomic mass is 32.2. The number of anilines is 1. The molecule has 11 heteroatoms. The summed E-state index contributed by atoms with van der Waals surface area (Å²) >= 11 is 0. The number of hydrogen-bond donors (Lipinski definition) is 1. The second-order valence-electron chi connectivity index (χ2n) is 5.45. The fourth-order valence-corrected chi connectivity index (χ4v) is 3.01. The first kappa shape index (κ1) is 20.6. The third-order valence-electron chi connectivity index (χ3n) is 3.54. The molecule has 2 aromatic rings. The molecule has 0 atom stereocenters. The molecule has 1 amide bonds. The molecule has 27 heavy (non-hydrogen) atoms. The molecule has 0 aliphatic heterocycles. The Hall–Kier alpha value is -2.66. The smallest absolute Gasteiger partial charge is 0.258 e. The lowest BCUT2D eigenvalue weighted by atomic mass is 10.1. The average molecular weight is 406 g/mol. The van der Waals surface area contributed by atoms with Gasteiger partial charge in [0, 0.05) is 14.1 Å². The number of nitrogens with one attached hydrogen (secondary N) is 1. The fourth-order valence-electron chi connectivity index (χ4n) is 2.08. The summed E-state index contributed by atoms with van der Waals surface area (Å²) in [6.45, 7) is 0. The molecule has 0 saturated heterocycles. The normalized spacial score (nSPS) is 11.6. The van der Waals surface area contributed by atoms with E-state index in [2.05, 4.69) is 5.32 Å². The van der Waals surface area contributed by atoms with Crippen molar-refractivity contribution in [2.75, 3.05) is 26.5 Å². The lowest BCUT2D eigenvalue weighted by molar-refractivity contribution is 0.102. The first-order chi connectivity index (χ1) is 12.5. The minimum absolute atomic E-state index is 0.00419. The largest absolute Gasteiger partial charge is 0.495 e. The van der Waals surface area contributed by atoms with E-state index in [0.29, 0.717) is 0 Å². The molecule has 0 fully saturated rings. The van der Waals surface area contributed by atoms with Crippen LogP contribution in [0.2, 0.25) is 0 Å². The quantitative estimate of drug-likeness (QED) is 0.471. The number of nitrogens with zero attached hydrogens (tertiary/aromatic N) is 1. The van der Waals surface area contributed by atoms with Gasteiger partial charge in [0.05, 0.1) is 23.3 Å². The van der Waals surface area contributed by atoms with Gasteiger partial charge in [-0.05, 0) is 24.3 Å². The number of rotatable bonds is 5. The van der Waals surface area contributed by atoms with Gasteiger partial charge in [-0.15, -0.1) is 0 Å². The monoisotopic (exact) mass is 406 g/mol. The standard InChI is InChI=1S/C16H14F4N2O4S/c1-22(2)27(24,25)8-4-5-12(26-3)11(6-8)21-16(23)9-7-10(17)14(19)15(20)13(9)18/h4-7H,1-3H3,(H,21,23). The number of methoxy groups -OCH3 is 1. The Balaban J connectivity index is 2.49. The minimum atomic E-state index is -3.87. The van der Waals surface area contributed by atoms with Crippen LogP contribution in [-0.4, -0.2) is 39.8 Å². The van der Waals surface area contributed by atoms with E-state index in [0.717, 1.165) is 10.4 Å². The molecule has 0 heterocycles. The van der Waals surface area contributed by atoms with Crippen molar-refractivity contribution in [2.45, 2.75) is 4.90 Å². The molecule has 0 aliphatic rings. The van der Waals surface area contributed by atoms with E-state index in [1.165, 1.54) is 33.3 Å². The van der Waals surface area contributed by atoms with Crippen molar-refractivity contribution < 1.29 is 35.5 Å². The molecule has 1 N–H and O–H groups in total. The zero-order valence-electron chi connectivity index (χ0n) is 14.3. The van der Waals surface area contributed by atoms with Gasteiger partial charge in [0.25, 0.3) is 5.91 Å². The second kappa shape index (κ2) is 7.53. The van der Waals surface area contributed by atoms with Gasteiger partial charge < -0.3 is 10.1 Å². The van der Waals surface area contributed by atoms with E-state index in [1.807, 2.05) is 0 Å². The van der Waals surface area contributed by atoms with E-state index in [-0.39, 0.29) is 22.4 Å². The number of amides is 1. The number of sulfonamides is 1. The van der Waals surface area contributed by atoms with Gasteiger partial charge in [0.2, 0.25) is 10.0 Å². The zero-order chi connectivity index (χ0) is 20.5. The van der Waals surface area contributed by atoms with Crippen LogP contribution in [0.5, 0.6) is 5.75 Å². The molecule has 6 nitrogen and oxygen atoms in total. The van der Waals surface area contributed by atoms with Gasteiger partial charge >= 0.3 is 0 Å². The van der Waals surface area contributed by atoms with Crippen LogP contribution in [0, 0.1) is 23.3 Å². The molecule has 0 aliphatic carbocycles. The van der Waals surface area contributed by atoms with Crippen LogP contribution in [0.4, 0.5) is 23.2 Å². The first-order valence-electron chi connectivity index (χ1n) is 7.25. The number of carbonyl (C=O) groups excluding carboxylic acids is 1. The van der Waals surface area contributed by atoms with Crippen LogP contribution in [0.1, 0.15) is 10.4 Å². The third-order valence-corrected chi connectivity index (χ3v) is 5.36. The highest BCUT2D eigenvalue weighted by Gasteiger charge is 2.25. The first-order valence-corrected chi connectivity index (χ1v) is 8.69. The van der Waals surface area contributed by atoms with Crippen molar-refractivity contribution in [3.63, 3.8) is 0 Å². The molecular weight excluding hydrogens is 392 g/mol. The highest BCUT2D eigenvalue weighted by Crippen LogP contribution is 2.29. The summed E-state index contributed by atoms with van der Waals surface area (Å²) in [5.41, 5.74) is -1.30. The Morgan fingerprint density at radius 1 is 1.04 bits per heavy atom. The molecule has 0 radical (unpaired) electrons. The van der Waals surface area contributed by atoms with E-state index in [4.69, 9.17) is 4.74 Å². The molecule has 146 valence electrons. The number of benzene rings is 2. The summed E-state index contributed by atoms with van der Waals surface area (Å²) in [5, 5.41) is 2.10. The van der Waals surface area contributed by atoms with Crippen LogP contribution in [0.15, 0.2) is 29.2 Å². The summed E-state index contributed by atoms with van der Waals surface area (Å²) < 4.78 is 83.7. The van der Waals surface area contributed by atoms with Gasteiger partial charge in [-0.2, -0.15) is 0 Å². The molecule has 2 rings (SSSR count). The van der Waals surface area contributed by atoms with E-state index >= 15 is 0 Å². The zero-order valence-corrected chi connectivity index (χ0v) is 15.1. The maximum Gasteiger partial charge on any atom is 0.258 e. The Labute approximate surface area is 152 Å². The Kier molecular flexibility index (Phi) is 5.76. The maximum atomic E-state index is 13.8. The van der Waals surface area contributed by atoms with Crippen molar-refractivity contribution >= 4 is 21.6 Å². The van der Waals surface area contributed by atoms with Crippen LogP contribution in [-0.2, 0) is 10.0 Å². The number of hydrogen-bond acceptors (Lipinski definition) is 4. The van der Waals surface area contributed by atoms with Crippen molar-refractivity contribution in [3.8, 4) is 5.75 Å². The van der Waals surface area contributed by atoms with Crippen molar-refractivity contribution in [1.82, 2.24) is 4.31 Å². The number of carbonyl (C=O) groups is 1. The van der Waals surface area contributed by atoms with E-state index in [1.54, 1.807) is 0 Å². The molecule has 0 unspecified atom stereocenters. The van der Waals surface area contributed by atoms with Gasteiger partial charge in [0.1, 0.15) is 5.75 Å². The minimum Gasteiger partial charge on any atom is -0.495 e. The predicted octanol–water partition coefficient (Wildman–Crippen LogP) is 2.75. The molecule has 0 aromatic heterocycles. The van der Waals surface area contributed by atoms with Crippen molar-refractivity contribution in [1.29, 1.82) is 0 Å². The summed E-state index contributed by atoms with van der Waals surface area (Å²) in [6, 6.07) is 3.66. The van der Waals surface area contributed by atoms with E-state index < -0.39 is 44.8 Å². The Morgan fingerprint density at radius 3 is 2.22 bits per heavy atom. The number of ether oxygens (including phenoxy) is 1. The lowest BCUT2D eigenvalue weighted by Crippen LogP contribution is -2.22. The summed E-state index contributed by atoms with van der Waals surface area (Å²) in [4.78, 5) is 12.0. The third kappa shape index (κ3) is 3.88. The van der Waals surface area contributed by atoms with Gasteiger partial charge in [-0.25, -0.2) is 30.3 Å². The fraction of sp³-hybridized carbons (Fsp3) is 0.188. The summed E-state index contributed by atoms with van der Waals surface area (Å²) in [6.07, 6.45) is 0. The van der Waals surface area contributed by atoms with Crippen LogP contribution in [0.25, 0.3) is 0 Å². The Morgan fingerprint density at radius 2 is 1.67 bits per heavy atom. The van der Waals surface area contributed by atoms with Crippen LogP contribution >= 0.6 is 0 Å². The SMILES string of the molecule is COc1ccc(S(=O)(=O)N(C)C)cc1NC(=O)c1cc(F)c(F)c(F)c1F. The topological polar surface area (TPSA) is 75.7 Å². The summed E-state index contributed by atoms with van der Waals surface area (Å²) in [5.74, 6) is -9.17. The van der Waals surface area contributed by atoms with Crippen molar-refractivity contribution in [2.24, 2.45) is 0 Å². The molecular formula is C16H14F4N2O4S. The van der Waals surface area contributed by atoms with Gasteiger partial charge in [-0.1, -0.05) is 0 Å². The lowest BCUT2D eigenvalue weighted by Gasteiger charge is -2.15. The van der Waals surface area contributed by atoms with Gasteiger partial charge in [-0.3, -0.25) is 4.79 Å². The maximum absolute atomic E-state index is 13.8. The van der Waals surface area contributed by atoms with Crippen molar-refractivity contribution in [3.05, 3.63) is 53.1 Å². The highest BCUT2D eigenvalue weighted by molar-refractivity contribution is 7.89. The van der Waals surface area contributed by atoms with Crippen LogP contribution < -0.4 is 10.1 Å². The molecule has 0 spiro atoms. The molecule has 2 aromatic carbocycles. The van der Waals surface area contributed by atoms with E-state index in [9.17, 15) is 30.8 Å². The number of halogens is 4. The molecule has 0 bridgehead atoms. The Bertz CT molecular complexity index is 1010. The van der Waals surface area contributed by atoms with Crippen LogP contribution in [0.3, 0.4) is 0 Å². The summed E-state index contributed by atoms with van der Waals surface area (Å²) in [7, 11) is -0.0662. The second-order valence-corrected chi connectivity index (χ2v) is 7.60.